The molecule has 0 spiro atoms. The molecule has 73 heavy (non-hydrogen) atoms. The van der Waals surface area contributed by atoms with Gasteiger partial charge in [-0.15, -0.1) is 18.2 Å². The first-order chi connectivity index (χ1) is 34.3. The second kappa shape index (κ2) is 26.7. The number of rotatable bonds is 17. The number of carboxylic acid groups (broad SMARTS) is 1. The lowest BCUT2D eigenvalue weighted by molar-refractivity contribution is -0.145. The lowest BCUT2D eigenvalue weighted by Gasteiger charge is -2.28. The van der Waals surface area contributed by atoms with Crippen LogP contribution in [0.5, 0.6) is 5.75 Å². The summed E-state index contributed by atoms with van der Waals surface area (Å²) < 4.78 is 21.6. The van der Waals surface area contributed by atoms with Crippen LogP contribution < -0.4 is 58.3 Å². The van der Waals surface area contributed by atoms with E-state index < -0.39 is 147 Å². The number of carbonyl (C=O) groups excluding carboxylic acids is 9. The predicted molar refractivity (Wildman–Crippen MR) is 256 cm³/mol. The maximum absolute atomic E-state index is 14.3. The highest BCUT2D eigenvalue weighted by molar-refractivity contribution is 7.99. The van der Waals surface area contributed by atoms with E-state index in [-0.39, 0.29) is 47.9 Å². The molecule has 0 saturated carbocycles. The van der Waals surface area contributed by atoms with Crippen molar-refractivity contribution in [3.05, 3.63) is 17.7 Å². The van der Waals surface area contributed by atoms with Gasteiger partial charge >= 0.3 is 13.8 Å². The number of nitrogens with one attached hydrogen (secondary N) is 10. The van der Waals surface area contributed by atoms with Gasteiger partial charge in [-0.05, 0) is 36.9 Å². The van der Waals surface area contributed by atoms with E-state index in [1.807, 2.05) is 0 Å². The molecule has 2 aromatic rings. The maximum atomic E-state index is 14.3. The number of likely N-dealkylation sites (tertiary alicyclic amines) is 1. The molecule has 1 aromatic heterocycles. The van der Waals surface area contributed by atoms with E-state index >= 15 is 0 Å². The highest BCUT2D eigenvalue weighted by Crippen LogP contribution is 2.39. The summed E-state index contributed by atoms with van der Waals surface area (Å²) in [6, 6.07) is -3.79. The number of terminal acetylenes is 1. The summed E-state index contributed by atoms with van der Waals surface area (Å²) in [4.78, 5) is 153. The molecule has 1 aromatic carbocycles. The zero-order valence-corrected chi connectivity index (χ0v) is 41.6. The quantitative estimate of drug-likeness (QED) is 0.0401. The first-order valence-electron chi connectivity index (χ1n) is 22.4. The largest absolute Gasteiger partial charge is 0.481 e. The van der Waals surface area contributed by atoms with Gasteiger partial charge in [-0.1, -0.05) is 20.3 Å². The molecule has 1 saturated heterocycles. The van der Waals surface area contributed by atoms with Crippen LogP contribution in [0.2, 0.25) is 0 Å². The number of hydrogen-bond acceptors (Lipinski definition) is 17. The molecule has 29 nitrogen and oxygen atoms in total. The Labute approximate surface area is 420 Å². The van der Waals surface area contributed by atoms with Gasteiger partial charge in [0.05, 0.1) is 41.8 Å². The number of primary amides is 1. The fourth-order valence-electron chi connectivity index (χ4n) is 7.56. The third-order valence-electron chi connectivity index (χ3n) is 11.4. The molecule has 9 amide bonds. The number of aromatic nitrogens is 1. The normalized spacial score (nSPS) is 21.5. The minimum atomic E-state index is -5.11. The van der Waals surface area contributed by atoms with Crippen molar-refractivity contribution in [3.8, 4) is 18.1 Å². The topological polar surface area (TPSA) is 440 Å². The van der Waals surface area contributed by atoms with Gasteiger partial charge in [-0.2, -0.15) is 0 Å². The first kappa shape index (κ1) is 58.7. The number of fused-ring (bicyclic) bond motifs is 3. The number of nitrogens with two attached hydrogens (primary N) is 1. The zero-order chi connectivity index (χ0) is 54.3. The van der Waals surface area contributed by atoms with Gasteiger partial charge < -0.3 is 88.2 Å². The van der Waals surface area contributed by atoms with Crippen molar-refractivity contribution in [2.45, 2.75) is 94.0 Å². The number of aliphatic hydroxyl groups excluding tert-OH is 1. The number of H-pyrrole nitrogens is 1. The lowest BCUT2D eigenvalue weighted by Crippen LogP contribution is -2.58. The van der Waals surface area contributed by atoms with Crippen molar-refractivity contribution in [3.63, 3.8) is 0 Å². The van der Waals surface area contributed by atoms with Crippen molar-refractivity contribution in [2.75, 3.05) is 51.1 Å². The van der Waals surface area contributed by atoms with Crippen LogP contribution in [0.1, 0.15) is 45.6 Å². The van der Waals surface area contributed by atoms with E-state index in [0.717, 1.165) is 23.6 Å². The summed E-state index contributed by atoms with van der Waals surface area (Å²) in [5, 5.41) is 43.7. The average molecular weight is 1070 g/mol. The van der Waals surface area contributed by atoms with Crippen molar-refractivity contribution >= 4 is 95.3 Å². The molecule has 16 N–H and O–H groups in total. The van der Waals surface area contributed by atoms with Crippen molar-refractivity contribution in [1.29, 1.82) is 0 Å². The third-order valence-corrected chi connectivity index (χ3v) is 13.0. The molecule has 400 valence electrons. The molecule has 0 radical (unpaired) electrons. The van der Waals surface area contributed by atoms with Crippen LogP contribution in [0.25, 0.3) is 10.9 Å². The number of anilines is 1. The van der Waals surface area contributed by atoms with Crippen LogP contribution in [0.15, 0.2) is 17.2 Å². The van der Waals surface area contributed by atoms with E-state index in [4.69, 9.17) is 16.9 Å². The summed E-state index contributed by atoms with van der Waals surface area (Å²) in [6.45, 7) is 2.21. The Kier molecular flexibility index (Phi) is 21.5. The van der Waals surface area contributed by atoms with E-state index in [1.54, 1.807) is 26.8 Å². The number of phosphoric acid groups is 1. The zero-order valence-electron chi connectivity index (χ0n) is 39.9. The first-order valence-corrected chi connectivity index (χ1v) is 24.9. The monoisotopic (exact) mass is 1070 g/mol. The number of likely N-dealkylation sites (N-methyl/N-ethyl adjacent to an activating group) is 1. The summed E-state index contributed by atoms with van der Waals surface area (Å²) in [6.07, 6.45) is 1.47. The van der Waals surface area contributed by atoms with Crippen LogP contribution in [0, 0.1) is 18.3 Å². The van der Waals surface area contributed by atoms with Gasteiger partial charge in [0, 0.05) is 49.7 Å². The summed E-state index contributed by atoms with van der Waals surface area (Å²) in [7, 11) is -3.49. The molecule has 1 unspecified atom stereocenters. The molecular weight excluding hydrogens is 1010 g/mol. The Morgan fingerprint density at radius 1 is 1.05 bits per heavy atom. The number of carbonyl (C=O) groups is 10. The molecule has 1 fully saturated rings. The SMILES string of the molecule is C#CC(=O)NC(NC(C)=O)C(=O)Nc1cc2c3c([nH]c2cc1OCOP(=O)(O)O)SC[C@@H](C(=O)N[C@@H](CC(=O)O)C(=O)N1C[C@H](O)C[C@H]1C(N)=O)NC(=O)CNC(=O)[C@H]([C@@H](C)CC)NC(=O)CNC[C@@H](NC)C3. The number of β-amino-alcohol motifs (C(OH)–C–C–N with tert-alkyl or cyclic N) is 1. The predicted octanol–water partition coefficient (Wildman–Crippen LogP) is -4.87. The number of carboxylic acids is 1. The van der Waals surface area contributed by atoms with Crippen LogP contribution >= 0.6 is 19.6 Å². The Hall–Kier alpha value is -6.84. The fraction of sp³-hybridized carbons (Fsp3) is 0.524. The van der Waals surface area contributed by atoms with Crippen molar-refractivity contribution in [2.24, 2.45) is 11.7 Å². The van der Waals surface area contributed by atoms with Gasteiger partial charge in [0.1, 0.15) is 29.9 Å². The smallest absolute Gasteiger partial charge is 0.472 e. The molecule has 31 heteroatoms. The number of phosphoric ester groups is 1. The van der Waals surface area contributed by atoms with Gasteiger partial charge in [0.2, 0.25) is 41.4 Å². The highest BCUT2D eigenvalue weighted by atomic mass is 32.2. The summed E-state index contributed by atoms with van der Waals surface area (Å²) in [5.41, 5.74) is 5.93. The Balaban J connectivity index is 1.87. The van der Waals surface area contributed by atoms with Gasteiger partial charge in [0.25, 0.3) is 11.8 Å². The Morgan fingerprint density at radius 2 is 1.75 bits per heavy atom. The number of aromatic amines is 1. The Bertz CT molecular complexity index is 2530. The van der Waals surface area contributed by atoms with E-state index in [1.165, 1.54) is 12.1 Å². The minimum absolute atomic E-state index is 0.0775. The molecule has 2 aliphatic rings. The number of ether oxygens (including phenoxy) is 1. The number of thioether (sulfide) groups is 1. The second-order valence-electron chi connectivity index (χ2n) is 16.8. The fourth-order valence-corrected chi connectivity index (χ4v) is 8.87. The van der Waals surface area contributed by atoms with Crippen molar-refractivity contribution in [1.82, 2.24) is 52.4 Å². The maximum Gasteiger partial charge on any atom is 0.472 e. The van der Waals surface area contributed by atoms with E-state index in [0.29, 0.717) is 17.4 Å². The van der Waals surface area contributed by atoms with Crippen LogP contribution in [-0.2, 0) is 63.5 Å². The molecule has 2 aliphatic heterocycles. The lowest BCUT2D eigenvalue weighted by atomic mass is 9.98. The molecular formula is C42H59N12O17PS. The molecule has 0 bridgehead atoms. The number of amides is 9. The van der Waals surface area contributed by atoms with Gasteiger partial charge in [-0.3, -0.25) is 47.9 Å². The molecule has 3 heterocycles. The average Bonchev–Trinajstić information content (AvgIpc) is 3.87. The highest BCUT2D eigenvalue weighted by Gasteiger charge is 2.42. The summed E-state index contributed by atoms with van der Waals surface area (Å²) in [5.74, 6) is -9.19. The van der Waals surface area contributed by atoms with E-state index in [2.05, 4.69) is 57.4 Å². The van der Waals surface area contributed by atoms with Crippen LogP contribution in [-0.4, -0.2) is 177 Å². The standard InChI is InChI=1S/C42H59N12O17PS/c1-6-19(3)35-39(64)46-15-33(59)48-28(38(63)50-27(12-34(60)61)42(66)54-16-22(56)9-29(54)36(43)62)17-73-41-24(8-21(44-5)13-45-14-32(58)52-35)23-10-26(30(11-25(23)51-41)70-18-71-72(67,68)69)49-40(65)37(47-20(4)55)53-31(57)7-2/h2,10-11,19,21-22,27-29,35,37,44-45,51,56H,6,8-9,12-18H2,1,3-5H3,(H2,43,62)(H,46,64)(H,47,55)(H,48,59)(H,49,65)(H,50,63)(H,52,58)(H,53,57)(H,60,61)(H2,67,68,69)/t19-,21-,22+,27-,28-,29-,35-,37?/m0/s1. The Morgan fingerprint density at radius 3 is 2.37 bits per heavy atom. The number of aliphatic hydroxyl groups is 1. The second-order valence-corrected chi connectivity index (χ2v) is 19.1. The molecule has 4 rings (SSSR count). The number of aliphatic carboxylic acids is 1. The minimum Gasteiger partial charge on any atom is -0.481 e. The van der Waals surface area contributed by atoms with Gasteiger partial charge in [0.15, 0.2) is 13.0 Å². The van der Waals surface area contributed by atoms with Crippen molar-refractivity contribution < 1.29 is 81.8 Å². The number of benzene rings is 1. The molecule has 0 aliphatic carbocycles. The van der Waals surface area contributed by atoms with Crippen LogP contribution in [0.4, 0.5) is 5.69 Å². The number of hydrogen-bond donors (Lipinski definition) is 15. The van der Waals surface area contributed by atoms with E-state index in [9.17, 15) is 72.5 Å². The molecule has 8 atom stereocenters. The third kappa shape index (κ3) is 17.4. The number of nitrogens with zero attached hydrogens (tertiary/aromatic N) is 1. The van der Waals surface area contributed by atoms with Crippen LogP contribution in [0.3, 0.4) is 0 Å². The summed E-state index contributed by atoms with van der Waals surface area (Å²) >= 11 is 0.916. The van der Waals surface area contributed by atoms with Gasteiger partial charge in [-0.25, -0.2) is 9.09 Å².